The summed E-state index contributed by atoms with van der Waals surface area (Å²) in [6.07, 6.45) is 1.64. The minimum atomic E-state index is -0.654. The van der Waals surface area contributed by atoms with Crippen molar-refractivity contribution in [2.24, 2.45) is 0 Å². The van der Waals surface area contributed by atoms with Gasteiger partial charge in [0.1, 0.15) is 16.0 Å². The van der Waals surface area contributed by atoms with E-state index in [2.05, 4.69) is 15.3 Å². The SMILES string of the molecule is Cc1nc(-c2ccccn2)sc1C(=O)OCC(=O)Nc1cc(Cl)ccc1C#N. The van der Waals surface area contributed by atoms with Crippen molar-refractivity contribution in [1.29, 1.82) is 5.26 Å². The van der Waals surface area contributed by atoms with Crippen molar-refractivity contribution in [3.8, 4) is 16.8 Å². The summed E-state index contributed by atoms with van der Waals surface area (Å²) in [5, 5.41) is 12.5. The van der Waals surface area contributed by atoms with Crippen molar-refractivity contribution in [3.05, 3.63) is 63.8 Å². The molecule has 0 aliphatic carbocycles. The Morgan fingerprint density at radius 2 is 2.14 bits per heavy atom. The van der Waals surface area contributed by atoms with Crippen LogP contribution in [0.3, 0.4) is 0 Å². The average molecular weight is 413 g/mol. The number of hydrogen-bond donors (Lipinski definition) is 1. The van der Waals surface area contributed by atoms with Crippen LogP contribution >= 0.6 is 22.9 Å². The van der Waals surface area contributed by atoms with Crippen molar-refractivity contribution in [2.75, 3.05) is 11.9 Å². The number of rotatable bonds is 5. The van der Waals surface area contributed by atoms with Gasteiger partial charge in [0.15, 0.2) is 6.61 Å². The van der Waals surface area contributed by atoms with E-state index < -0.39 is 18.5 Å². The normalized spacial score (nSPS) is 10.2. The van der Waals surface area contributed by atoms with Gasteiger partial charge in [0.05, 0.1) is 22.6 Å². The number of pyridine rings is 1. The molecule has 0 saturated carbocycles. The van der Waals surface area contributed by atoms with Gasteiger partial charge in [-0.2, -0.15) is 5.26 Å². The van der Waals surface area contributed by atoms with E-state index in [1.54, 1.807) is 31.3 Å². The number of nitrogens with zero attached hydrogens (tertiary/aromatic N) is 3. The maximum absolute atomic E-state index is 12.3. The summed E-state index contributed by atoms with van der Waals surface area (Å²) in [5.74, 6) is -1.24. The molecule has 0 radical (unpaired) electrons. The Balaban J connectivity index is 1.65. The second kappa shape index (κ2) is 8.61. The molecule has 3 aromatic rings. The molecule has 140 valence electrons. The van der Waals surface area contributed by atoms with Gasteiger partial charge in [0, 0.05) is 11.2 Å². The van der Waals surface area contributed by atoms with E-state index in [-0.39, 0.29) is 11.3 Å². The van der Waals surface area contributed by atoms with Gasteiger partial charge in [-0.05, 0) is 37.3 Å². The lowest BCUT2D eigenvalue weighted by Gasteiger charge is -2.08. The summed E-state index contributed by atoms with van der Waals surface area (Å²) < 4.78 is 5.08. The minimum Gasteiger partial charge on any atom is -0.451 e. The van der Waals surface area contributed by atoms with E-state index in [9.17, 15) is 9.59 Å². The van der Waals surface area contributed by atoms with Crippen LogP contribution in [0.15, 0.2) is 42.6 Å². The molecule has 7 nitrogen and oxygen atoms in total. The lowest BCUT2D eigenvalue weighted by molar-refractivity contribution is -0.119. The molecule has 3 rings (SSSR count). The summed E-state index contributed by atoms with van der Waals surface area (Å²) in [4.78, 5) is 33.2. The predicted molar refractivity (Wildman–Crippen MR) is 105 cm³/mol. The first-order valence-electron chi connectivity index (χ1n) is 8.03. The standard InChI is InChI=1S/C19H13ClN4O3S/c1-11-17(28-18(23-11)14-4-2-3-7-22-14)19(26)27-10-16(25)24-15-8-13(20)6-5-12(15)9-21/h2-8H,10H2,1H3,(H,24,25). The monoisotopic (exact) mass is 412 g/mol. The number of anilines is 1. The zero-order chi connectivity index (χ0) is 20.1. The molecular weight excluding hydrogens is 400 g/mol. The minimum absolute atomic E-state index is 0.252. The number of hydrogen-bond acceptors (Lipinski definition) is 7. The number of carbonyl (C=O) groups excluding carboxylic acids is 2. The van der Waals surface area contributed by atoms with E-state index in [4.69, 9.17) is 21.6 Å². The topological polar surface area (TPSA) is 105 Å². The third kappa shape index (κ3) is 4.52. The molecule has 0 aliphatic rings. The summed E-state index contributed by atoms with van der Waals surface area (Å²) in [6, 6.07) is 11.8. The largest absolute Gasteiger partial charge is 0.451 e. The average Bonchev–Trinajstić information content (AvgIpc) is 3.09. The first kappa shape index (κ1) is 19.5. The third-order valence-electron chi connectivity index (χ3n) is 3.58. The van der Waals surface area contributed by atoms with Crippen molar-refractivity contribution in [3.63, 3.8) is 0 Å². The maximum atomic E-state index is 12.3. The molecule has 2 aromatic heterocycles. The lowest BCUT2D eigenvalue weighted by Crippen LogP contribution is -2.21. The zero-order valence-corrected chi connectivity index (χ0v) is 16.2. The van der Waals surface area contributed by atoms with Crippen LogP contribution in [-0.2, 0) is 9.53 Å². The van der Waals surface area contributed by atoms with Gasteiger partial charge in [-0.1, -0.05) is 17.7 Å². The molecule has 1 amide bonds. The van der Waals surface area contributed by atoms with Crippen molar-refractivity contribution in [1.82, 2.24) is 9.97 Å². The third-order valence-corrected chi connectivity index (χ3v) is 4.97. The van der Waals surface area contributed by atoms with Crippen LogP contribution in [0.25, 0.3) is 10.7 Å². The Kier molecular flexibility index (Phi) is 5.99. The van der Waals surface area contributed by atoms with Gasteiger partial charge in [-0.25, -0.2) is 9.78 Å². The van der Waals surface area contributed by atoms with E-state index >= 15 is 0 Å². The second-order valence-electron chi connectivity index (χ2n) is 5.57. The highest BCUT2D eigenvalue weighted by Gasteiger charge is 2.19. The lowest BCUT2D eigenvalue weighted by atomic mass is 10.2. The maximum Gasteiger partial charge on any atom is 0.350 e. The van der Waals surface area contributed by atoms with E-state index in [1.165, 1.54) is 12.1 Å². The van der Waals surface area contributed by atoms with E-state index in [1.807, 2.05) is 12.1 Å². The van der Waals surface area contributed by atoms with E-state index in [0.29, 0.717) is 26.3 Å². The van der Waals surface area contributed by atoms with Gasteiger partial charge in [0.2, 0.25) is 0 Å². The number of esters is 1. The Morgan fingerprint density at radius 1 is 1.32 bits per heavy atom. The van der Waals surface area contributed by atoms with Crippen LogP contribution in [0.1, 0.15) is 20.9 Å². The summed E-state index contributed by atoms with van der Waals surface area (Å²) in [6.45, 7) is 1.18. The fraction of sp³-hybridized carbons (Fsp3) is 0.105. The quantitative estimate of drug-likeness (QED) is 0.638. The molecule has 2 heterocycles. The first-order valence-corrected chi connectivity index (χ1v) is 9.23. The number of halogens is 1. The van der Waals surface area contributed by atoms with Crippen LogP contribution in [-0.4, -0.2) is 28.5 Å². The van der Waals surface area contributed by atoms with Crippen LogP contribution in [0, 0.1) is 18.3 Å². The Morgan fingerprint density at radius 3 is 2.86 bits per heavy atom. The number of carbonyl (C=O) groups is 2. The molecule has 28 heavy (non-hydrogen) atoms. The Labute approximate surface area is 169 Å². The second-order valence-corrected chi connectivity index (χ2v) is 7.01. The molecule has 0 aliphatic heterocycles. The van der Waals surface area contributed by atoms with Crippen molar-refractivity contribution in [2.45, 2.75) is 6.92 Å². The van der Waals surface area contributed by atoms with Gasteiger partial charge in [-0.3, -0.25) is 9.78 Å². The molecule has 0 spiro atoms. The number of ether oxygens (including phenoxy) is 1. The van der Waals surface area contributed by atoms with Crippen molar-refractivity contribution < 1.29 is 14.3 Å². The highest BCUT2D eigenvalue weighted by atomic mass is 35.5. The molecule has 1 aromatic carbocycles. The van der Waals surface area contributed by atoms with Gasteiger partial charge in [0.25, 0.3) is 5.91 Å². The van der Waals surface area contributed by atoms with Gasteiger partial charge >= 0.3 is 5.97 Å². The summed E-state index contributed by atoms with van der Waals surface area (Å²) in [5.41, 5.74) is 1.65. The number of aryl methyl sites for hydroxylation is 1. The number of thiazole rings is 1. The fourth-order valence-corrected chi connectivity index (χ4v) is 3.39. The molecule has 0 bridgehead atoms. The number of aromatic nitrogens is 2. The zero-order valence-electron chi connectivity index (χ0n) is 14.6. The summed E-state index contributed by atoms with van der Waals surface area (Å²) in [7, 11) is 0. The fourth-order valence-electron chi connectivity index (χ4n) is 2.28. The Bertz CT molecular complexity index is 1080. The van der Waals surface area contributed by atoms with Gasteiger partial charge in [-0.15, -0.1) is 11.3 Å². The van der Waals surface area contributed by atoms with Crippen molar-refractivity contribution >= 4 is 40.5 Å². The van der Waals surface area contributed by atoms with Crippen LogP contribution in [0.2, 0.25) is 5.02 Å². The Hall–Kier alpha value is -3.28. The molecule has 9 heteroatoms. The van der Waals surface area contributed by atoms with Crippen LogP contribution in [0.4, 0.5) is 5.69 Å². The highest BCUT2D eigenvalue weighted by molar-refractivity contribution is 7.17. The summed E-state index contributed by atoms with van der Waals surface area (Å²) >= 11 is 7.02. The van der Waals surface area contributed by atoms with Crippen LogP contribution in [0.5, 0.6) is 0 Å². The highest BCUT2D eigenvalue weighted by Crippen LogP contribution is 2.27. The number of amides is 1. The molecular formula is C19H13ClN4O3S. The number of nitriles is 1. The van der Waals surface area contributed by atoms with Crippen LogP contribution < -0.4 is 5.32 Å². The molecule has 0 saturated heterocycles. The molecule has 0 fully saturated rings. The molecule has 1 N–H and O–H groups in total. The van der Waals surface area contributed by atoms with E-state index in [0.717, 1.165) is 11.3 Å². The molecule has 0 unspecified atom stereocenters. The predicted octanol–water partition coefficient (Wildman–Crippen LogP) is 3.83. The number of benzene rings is 1. The van der Waals surface area contributed by atoms with Gasteiger partial charge < -0.3 is 10.1 Å². The molecule has 0 atom stereocenters. The first-order chi connectivity index (χ1) is 13.5. The smallest absolute Gasteiger partial charge is 0.350 e. The number of nitrogens with one attached hydrogen (secondary N) is 1.